The van der Waals surface area contributed by atoms with Crippen LogP contribution in [0.15, 0.2) is 47.4 Å². The van der Waals surface area contributed by atoms with Crippen molar-refractivity contribution >= 4 is 21.6 Å². The molecule has 10 heteroatoms. The minimum Gasteiger partial charge on any atom is -0.207 e. The molecule has 0 aromatic heterocycles. The van der Waals surface area contributed by atoms with E-state index in [4.69, 9.17) is 11.6 Å². The second kappa shape index (κ2) is 5.15. The van der Waals surface area contributed by atoms with Crippen LogP contribution in [-0.4, -0.2) is 35.9 Å². The first-order valence-corrected chi connectivity index (χ1v) is 8.67. The number of benzene rings is 1. The van der Waals surface area contributed by atoms with Gasteiger partial charge in [-0.15, -0.1) is 0 Å². The van der Waals surface area contributed by atoms with Crippen molar-refractivity contribution in [2.45, 2.75) is 34.5 Å². The van der Waals surface area contributed by atoms with Crippen LogP contribution in [0, 0.1) is 5.92 Å². The Balaban J connectivity index is 2.28. The minimum absolute atomic E-state index is 0.160. The van der Waals surface area contributed by atoms with Crippen molar-refractivity contribution in [1.82, 2.24) is 4.31 Å². The van der Waals surface area contributed by atoms with Gasteiger partial charge in [-0.3, -0.25) is 0 Å². The van der Waals surface area contributed by atoms with E-state index < -0.39 is 50.4 Å². The maximum absolute atomic E-state index is 14.0. The van der Waals surface area contributed by atoms with E-state index in [0.717, 1.165) is 18.2 Å². The molecule has 1 aromatic rings. The Labute approximate surface area is 139 Å². The van der Waals surface area contributed by atoms with Crippen LogP contribution in [0.1, 0.15) is 6.42 Å². The molecule has 0 N–H and O–H groups in total. The molecule has 24 heavy (non-hydrogen) atoms. The summed E-state index contributed by atoms with van der Waals surface area (Å²) in [5.41, 5.74) is -4.02. The third kappa shape index (κ3) is 2.14. The summed E-state index contributed by atoms with van der Waals surface area (Å²) in [6, 6.07) is 4.83. The van der Waals surface area contributed by atoms with Crippen molar-refractivity contribution < 1.29 is 30.4 Å². The van der Waals surface area contributed by atoms with Gasteiger partial charge in [0.2, 0.25) is 15.6 Å². The van der Waals surface area contributed by atoms with Crippen LogP contribution >= 0.6 is 11.6 Å². The van der Waals surface area contributed by atoms with Gasteiger partial charge in [0.05, 0.1) is 4.90 Å². The van der Waals surface area contributed by atoms with E-state index in [1.165, 1.54) is 24.3 Å². The lowest BCUT2D eigenvalue weighted by molar-refractivity contribution is -0.269. The Morgan fingerprint density at radius 2 is 1.67 bits per heavy atom. The summed E-state index contributed by atoms with van der Waals surface area (Å²) in [6.07, 6.45) is -3.80. The highest BCUT2D eigenvalue weighted by Gasteiger charge is 2.81. The van der Waals surface area contributed by atoms with Gasteiger partial charge in [-0.1, -0.05) is 30.4 Å². The molecule has 1 saturated heterocycles. The Hall–Kier alpha value is -1.19. The van der Waals surface area contributed by atoms with Crippen molar-refractivity contribution in [2.24, 2.45) is 5.92 Å². The molecule has 1 aliphatic carbocycles. The molecule has 3 nitrogen and oxygen atoms in total. The third-order valence-corrected chi connectivity index (χ3v) is 6.64. The lowest BCUT2D eigenvalue weighted by atomic mass is 9.85. The van der Waals surface area contributed by atoms with E-state index in [9.17, 15) is 30.4 Å². The predicted molar refractivity (Wildman–Crippen MR) is 76.1 cm³/mol. The van der Waals surface area contributed by atoms with Crippen LogP contribution in [0.4, 0.5) is 22.0 Å². The van der Waals surface area contributed by atoms with Crippen LogP contribution < -0.4 is 0 Å². The number of nitrogens with zero attached hydrogens (tertiary/aromatic N) is 1. The molecule has 3 atom stereocenters. The van der Waals surface area contributed by atoms with Gasteiger partial charge in [-0.2, -0.15) is 26.3 Å². The Bertz CT molecular complexity index is 759. The zero-order valence-electron chi connectivity index (χ0n) is 11.8. The Kier molecular flexibility index (Phi) is 3.79. The maximum atomic E-state index is 14.0. The van der Waals surface area contributed by atoms with Gasteiger partial charge in [-0.25, -0.2) is 8.42 Å². The van der Waals surface area contributed by atoms with E-state index >= 15 is 0 Å². The normalized spacial score (nSPS) is 30.9. The van der Waals surface area contributed by atoms with E-state index in [1.54, 1.807) is 0 Å². The molecule has 0 radical (unpaired) electrons. The SMILES string of the molecule is O=S(=O)(c1ccccc1)N1[C@H]2C=C[C@H](C2)[C@]1(C(F)(F)F)C(F)(F)Cl. The predicted octanol–water partition coefficient (Wildman–Crippen LogP) is 3.77. The van der Waals surface area contributed by atoms with Gasteiger partial charge >= 0.3 is 11.6 Å². The Morgan fingerprint density at radius 1 is 1.08 bits per heavy atom. The number of rotatable bonds is 3. The van der Waals surface area contributed by atoms with Gasteiger partial charge in [0.25, 0.3) is 0 Å². The summed E-state index contributed by atoms with van der Waals surface area (Å²) >= 11 is 4.87. The summed E-state index contributed by atoms with van der Waals surface area (Å²) in [5.74, 6) is -1.76. The van der Waals surface area contributed by atoms with Gasteiger partial charge in [0, 0.05) is 12.0 Å². The van der Waals surface area contributed by atoms with Crippen LogP contribution in [0.3, 0.4) is 0 Å². The lowest BCUT2D eigenvalue weighted by Crippen LogP contribution is -2.70. The van der Waals surface area contributed by atoms with Gasteiger partial charge in [-0.05, 0) is 30.2 Å². The fourth-order valence-electron chi connectivity index (χ4n) is 3.49. The first-order valence-electron chi connectivity index (χ1n) is 6.85. The number of alkyl halides is 6. The molecule has 2 bridgehead atoms. The molecule has 1 aliphatic heterocycles. The molecular formula is C14H11ClF5NO2S. The summed E-state index contributed by atoms with van der Waals surface area (Å²) in [4.78, 5) is -0.500. The zero-order chi connectivity index (χ0) is 18.0. The van der Waals surface area contributed by atoms with Gasteiger partial charge in [0.1, 0.15) is 0 Å². The molecule has 0 amide bonds. The summed E-state index contributed by atoms with van der Waals surface area (Å²) in [5, 5.41) is -4.84. The van der Waals surface area contributed by atoms with Crippen LogP contribution in [0.5, 0.6) is 0 Å². The van der Waals surface area contributed by atoms with Crippen LogP contribution in [0.25, 0.3) is 0 Å². The van der Waals surface area contributed by atoms with Gasteiger partial charge < -0.3 is 0 Å². The summed E-state index contributed by atoms with van der Waals surface area (Å²) < 4.78 is 94.7. The van der Waals surface area contributed by atoms with Crippen LogP contribution in [-0.2, 0) is 10.0 Å². The maximum Gasteiger partial charge on any atom is 0.415 e. The second-order valence-electron chi connectivity index (χ2n) is 5.67. The van der Waals surface area contributed by atoms with Crippen molar-refractivity contribution in [2.75, 3.05) is 0 Å². The quantitative estimate of drug-likeness (QED) is 0.450. The average molecular weight is 388 g/mol. The summed E-state index contributed by atoms with van der Waals surface area (Å²) in [6.45, 7) is 0. The lowest BCUT2D eigenvalue weighted by Gasteiger charge is -2.46. The number of hydrogen-bond donors (Lipinski definition) is 0. The van der Waals surface area contributed by atoms with E-state index in [-0.39, 0.29) is 4.31 Å². The number of hydrogen-bond acceptors (Lipinski definition) is 2. The molecule has 3 rings (SSSR count). The fraction of sp³-hybridized carbons (Fsp3) is 0.429. The number of halogens is 6. The highest BCUT2D eigenvalue weighted by Crippen LogP contribution is 2.62. The molecule has 1 aromatic carbocycles. The number of fused-ring (bicyclic) bond motifs is 2. The topological polar surface area (TPSA) is 37.4 Å². The molecule has 0 unspecified atom stereocenters. The van der Waals surface area contributed by atoms with Gasteiger partial charge in [0.15, 0.2) is 0 Å². The monoisotopic (exact) mass is 387 g/mol. The molecule has 1 heterocycles. The molecule has 0 spiro atoms. The molecule has 2 aliphatic rings. The van der Waals surface area contributed by atoms with E-state index in [2.05, 4.69) is 0 Å². The standard InChI is InChI=1S/C14H11ClF5NO2S/c15-13(16,17)12(14(18,19)20)9-6-7-10(8-9)21(12)24(22,23)11-4-2-1-3-5-11/h1-7,9-10H,8H2/t9-,10+,12-/m1/s1. The largest absolute Gasteiger partial charge is 0.415 e. The van der Waals surface area contributed by atoms with Crippen molar-refractivity contribution in [3.63, 3.8) is 0 Å². The van der Waals surface area contributed by atoms with Crippen molar-refractivity contribution in [3.05, 3.63) is 42.5 Å². The molecule has 132 valence electrons. The highest BCUT2D eigenvalue weighted by molar-refractivity contribution is 7.89. The van der Waals surface area contributed by atoms with Crippen molar-refractivity contribution in [1.29, 1.82) is 0 Å². The smallest absolute Gasteiger partial charge is 0.207 e. The first kappa shape index (κ1) is 17.6. The minimum atomic E-state index is -5.57. The fourth-order valence-corrected chi connectivity index (χ4v) is 5.86. The van der Waals surface area contributed by atoms with E-state index in [1.807, 2.05) is 0 Å². The second-order valence-corrected chi connectivity index (χ2v) is 7.96. The third-order valence-electron chi connectivity index (χ3n) is 4.41. The Morgan fingerprint density at radius 3 is 2.17 bits per heavy atom. The average Bonchev–Trinajstić information content (AvgIpc) is 3.05. The highest BCUT2D eigenvalue weighted by atomic mass is 35.5. The van der Waals surface area contributed by atoms with Crippen molar-refractivity contribution in [3.8, 4) is 0 Å². The summed E-state index contributed by atoms with van der Waals surface area (Å²) in [7, 11) is -4.85. The molecule has 1 fully saturated rings. The zero-order valence-corrected chi connectivity index (χ0v) is 13.4. The van der Waals surface area contributed by atoms with Crippen LogP contribution in [0.2, 0.25) is 0 Å². The number of sulfonamides is 1. The first-order chi connectivity index (χ1) is 10.9. The molecule has 0 saturated carbocycles. The van der Waals surface area contributed by atoms with E-state index in [0.29, 0.717) is 0 Å². The molecular weight excluding hydrogens is 377 g/mol.